The second-order valence-corrected chi connectivity index (χ2v) is 7.25. The summed E-state index contributed by atoms with van der Waals surface area (Å²) < 4.78 is 0. The zero-order chi connectivity index (χ0) is 16.7. The first-order valence-electron chi connectivity index (χ1n) is 7.80. The van der Waals surface area contributed by atoms with Gasteiger partial charge in [0, 0.05) is 23.7 Å². The first-order valence-corrected chi connectivity index (χ1v) is 9.36. The minimum absolute atomic E-state index is 0.688. The molecule has 0 saturated heterocycles. The fourth-order valence-corrected chi connectivity index (χ4v) is 3.26. The van der Waals surface area contributed by atoms with E-state index in [2.05, 4.69) is 73.9 Å². The lowest BCUT2D eigenvalue weighted by molar-refractivity contribution is 0.989. The summed E-state index contributed by atoms with van der Waals surface area (Å²) in [5.41, 5.74) is 6.22. The van der Waals surface area contributed by atoms with E-state index in [0.717, 1.165) is 23.7 Å². The van der Waals surface area contributed by atoms with E-state index in [0.29, 0.717) is 5.11 Å². The Kier molecular flexibility index (Phi) is 6.93. The molecule has 0 heterocycles. The summed E-state index contributed by atoms with van der Waals surface area (Å²) in [6, 6.07) is 15.0. The molecule has 2 aromatic rings. The van der Waals surface area contributed by atoms with Crippen LogP contribution in [0.2, 0.25) is 0 Å². The van der Waals surface area contributed by atoms with Crippen LogP contribution in [-0.2, 0) is 5.75 Å². The van der Waals surface area contributed by atoms with Gasteiger partial charge in [-0.1, -0.05) is 47.5 Å². The summed E-state index contributed by atoms with van der Waals surface area (Å²) in [4.78, 5) is 0. The number of aryl methyl sites for hydroxylation is 3. The van der Waals surface area contributed by atoms with Crippen LogP contribution in [0.3, 0.4) is 0 Å². The van der Waals surface area contributed by atoms with Gasteiger partial charge >= 0.3 is 0 Å². The van der Waals surface area contributed by atoms with Crippen LogP contribution in [0.1, 0.15) is 22.3 Å². The zero-order valence-corrected chi connectivity index (χ0v) is 15.6. The highest BCUT2D eigenvalue weighted by atomic mass is 32.2. The molecule has 0 saturated carbocycles. The second kappa shape index (κ2) is 8.94. The molecular formula is C19H24N2S2. The van der Waals surface area contributed by atoms with E-state index in [1.54, 1.807) is 0 Å². The molecule has 0 unspecified atom stereocenters. The predicted molar refractivity (Wildman–Crippen MR) is 107 cm³/mol. The Morgan fingerprint density at radius 2 is 1.70 bits per heavy atom. The zero-order valence-electron chi connectivity index (χ0n) is 14.0. The van der Waals surface area contributed by atoms with Crippen LogP contribution < -0.4 is 10.6 Å². The molecule has 0 fully saturated rings. The van der Waals surface area contributed by atoms with Crippen LogP contribution in [0.25, 0.3) is 0 Å². The van der Waals surface area contributed by atoms with Gasteiger partial charge in [-0.2, -0.15) is 11.8 Å². The summed E-state index contributed by atoms with van der Waals surface area (Å²) in [5, 5.41) is 7.22. The van der Waals surface area contributed by atoms with Gasteiger partial charge in [0.1, 0.15) is 0 Å². The molecule has 0 aliphatic rings. The SMILES string of the molecule is Cc1ccc(CSCCNC(=S)Nc2ccc(C)cc2C)cc1. The smallest absolute Gasteiger partial charge is 0.170 e. The topological polar surface area (TPSA) is 24.1 Å². The van der Waals surface area contributed by atoms with Crippen molar-refractivity contribution in [2.75, 3.05) is 17.6 Å². The van der Waals surface area contributed by atoms with Crippen molar-refractivity contribution >= 4 is 34.8 Å². The lowest BCUT2D eigenvalue weighted by atomic mass is 10.1. The van der Waals surface area contributed by atoms with Crippen LogP contribution in [0.15, 0.2) is 42.5 Å². The number of anilines is 1. The molecule has 0 atom stereocenters. The summed E-state index contributed by atoms with van der Waals surface area (Å²) >= 11 is 7.27. The maximum Gasteiger partial charge on any atom is 0.170 e. The van der Waals surface area contributed by atoms with Crippen LogP contribution in [0.5, 0.6) is 0 Å². The molecule has 122 valence electrons. The van der Waals surface area contributed by atoms with Gasteiger partial charge in [-0.25, -0.2) is 0 Å². The third kappa shape index (κ3) is 6.24. The number of benzene rings is 2. The molecule has 0 bridgehead atoms. The summed E-state index contributed by atoms with van der Waals surface area (Å²) in [5.74, 6) is 2.07. The molecule has 0 amide bonds. The first-order chi connectivity index (χ1) is 11.0. The fourth-order valence-electron chi connectivity index (χ4n) is 2.23. The third-order valence-corrected chi connectivity index (χ3v) is 4.83. The third-order valence-electron chi connectivity index (χ3n) is 3.55. The maximum absolute atomic E-state index is 5.35. The van der Waals surface area contributed by atoms with Gasteiger partial charge < -0.3 is 10.6 Å². The molecular weight excluding hydrogens is 320 g/mol. The van der Waals surface area contributed by atoms with Crippen molar-refractivity contribution in [3.63, 3.8) is 0 Å². The van der Waals surface area contributed by atoms with Gasteiger partial charge in [-0.05, 0) is 50.2 Å². The van der Waals surface area contributed by atoms with Crippen molar-refractivity contribution in [3.8, 4) is 0 Å². The van der Waals surface area contributed by atoms with E-state index in [4.69, 9.17) is 12.2 Å². The summed E-state index contributed by atoms with van der Waals surface area (Å²) in [6.07, 6.45) is 0. The average molecular weight is 345 g/mol. The molecule has 2 aromatic carbocycles. The monoisotopic (exact) mass is 344 g/mol. The van der Waals surface area contributed by atoms with Crippen molar-refractivity contribution in [3.05, 3.63) is 64.7 Å². The van der Waals surface area contributed by atoms with Gasteiger partial charge in [0.05, 0.1) is 0 Å². The Morgan fingerprint density at radius 3 is 2.39 bits per heavy atom. The average Bonchev–Trinajstić information content (AvgIpc) is 2.51. The van der Waals surface area contributed by atoms with E-state index in [9.17, 15) is 0 Å². The normalized spacial score (nSPS) is 10.4. The Balaban J connectivity index is 1.65. The number of thiocarbonyl (C=S) groups is 1. The molecule has 0 aliphatic heterocycles. The Morgan fingerprint density at radius 1 is 1.00 bits per heavy atom. The number of hydrogen-bond acceptors (Lipinski definition) is 2. The van der Waals surface area contributed by atoms with Crippen molar-refractivity contribution in [1.29, 1.82) is 0 Å². The molecule has 0 spiro atoms. The lowest BCUT2D eigenvalue weighted by Gasteiger charge is -2.13. The number of hydrogen-bond donors (Lipinski definition) is 2. The van der Waals surface area contributed by atoms with Crippen molar-refractivity contribution < 1.29 is 0 Å². The van der Waals surface area contributed by atoms with Gasteiger partial charge in [-0.15, -0.1) is 0 Å². The van der Waals surface area contributed by atoms with Crippen molar-refractivity contribution in [2.45, 2.75) is 26.5 Å². The number of nitrogens with one attached hydrogen (secondary N) is 2. The van der Waals surface area contributed by atoms with Crippen LogP contribution in [-0.4, -0.2) is 17.4 Å². The molecule has 2 rings (SSSR count). The fraction of sp³-hybridized carbons (Fsp3) is 0.316. The van der Waals surface area contributed by atoms with Crippen molar-refractivity contribution in [2.24, 2.45) is 0 Å². The summed E-state index contributed by atoms with van der Waals surface area (Å²) in [6.45, 7) is 7.17. The number of thioether (sulfide) groups is 1. The molecule has 0 radical (unpaired) electrons. The highest BCUT2D eigenvalue weighted by Gasteiger charge is 2.01. The van der Waals surface area contributed by atoms with Crippen molar-refractivity contribution in [1.82, 2.24) is 5.32 Å². The van der Waals surface area contributed by atoms with Gasteiger partial charge in [0.15, 0.2) is 5.11 Å². The van der Waals surface area contributed by atoms with E-state index >= 15 is 0 Å². The maximum atomic E-state index is 5.35. The largest absolute Gasteiger partial charge is 0.362 e. The molecule has 4 heteroatoms. The van der Waals surface area contributed by atoms with E-state index in [1.807, 2.05) is 11.8 Å². The van der Waals surface area contributed by atoms with E-state index in [-0.39, 0.29) is 0 Å². The molecule has 2 N–H and O–H groups in total. The van der Waals surface area contributed by atoms with E-state index in [1.165, 1.54) is 22.3 Å². The predicted octanol–water partition coefficient (Wildman–Crippen LogP) is 4.83. The molecule has 0 aliphatic carbocycles. The van der Waals surface area contributed by atoms with Crippen LogP contribution in [0.4, 0.5) is 5.69 Å². The summed E-state index contributed by atoms with van der Waals surface area (Å²) in [7, 11) is 0. The molecule has 2 nitrogen and oxygen atoms in total. The number of rotatable bonds is 6. The minimum atomic E-state index is 0.688. The highest BCUT2D eigenvalue weighted by Crippen LogP contribution is 2.16. The van der Waals surface area contributed by atoms with Crippen LogP contribution >= 0.6 is 24.0 Å². The quantitative estimate of drug-likeness (QED) is 0.579. The minimum Gasteiger partial charge on any atom is -0.362 e. The van der Waals surface area contributed by atoms with E-state index < -0.39 is 0 Å². The molecule has 0 aromatic heterocycles. The van der Waals surface area contributed by atoms with Crippen LogP contribution in [0, 0.1) is 20.8 Å². The molecule has 23 heavy (non-hydrogen) atoms. The van der Waals surface area contributed by atoms with Gasteiger partial charge in [0.2, 0.25) is 0 Å². The first kappa shape index (κ1) is 17.8. The second-order valence-electron chi connectivity index (χ2n) is 5.74. The van der Waals surface area contributed by atoms with Gasteiger partial charge in [-0.3, -0.25) is 0 Å². The standard InChI is InChI=1S/C19H24N2S2/c1-14-4-7-17(8-5-14)13-23-11-10-20-19(22)21-18-9-6-15(2)12-16(18)3/h4-9,12H,10-11,13H2,1-3H3,(H2,20,21,22). The highest BCUT2D eigenvalue weighted by molar-refractivity contribution is 7.98. The van der Waals surface area contributed by atoms with Gasteiger partial charge in [0.25, 0.3) is 0 Å². The Bertz CT molecular complexity index is 651. The lowest BCUT2D eigenvalue weighted by Crippen LogP contribution is -2.30. The Labute approximate surface area is 149 Å². The Hall–Kier alpha value is -1.52.